The van der Waals surface area contributed by atoms with E-state index in [1.54, 1.807) is 0 Å². The van der Waals surface area contributed by atoms with E-state index in [-0.39, 0.29) is 5.91 Å². The zero-order valence-electron chi connectivity index (χ0n) is 15.5. The largest absolute Gasteiger partial charge is 0.341 e. The van der Waals surface area contributed by atoms with Gasteiger partial charge in [-0.25, -0.2) is 0 Å². The lowest BCUT2D eigenvalue weighted by molar-refractivity contribution is -0.131. The number of rotatable bonds is 5. The Bertz CT molecular complexity index is 746. The molecule has 2 aliphatic rings. The number of amides is 1. The van der Waals surface area contributed by atoms with Crippen LogP contribution in [0.3, 0.4) is 0 Å². The Kier molecular flexibility index (Phi) is 5.07. The summed E-state index contributed by atoms with van der Waals surface area (Å²) in [5.74, 6) is 0.826. The molecular weight excluding hydrogens is 320 g/mol. The number of nitrogens with zero attached hydrogens (tertiary/aromatic N) is 1. The van der Waals surface area contributed by atoms with Crippen LogP contribution in [0.2, 0.25) is 0 Å². The minimum absolute atomic E-state index is 0.277. The molecule has 2 aromatic carbocycles. The van der Waals surface area contributed by atoms with Crippen LogP contribution >= 0.6 is 0 Å². The van der Waals surface area contributed by atoms with Gasteiger partial charge >= 0.3 is 0 Å². The molecule has 0 saturated carbocycles. The maximum absolute atomic E-state index is 12.8. The minimum atomic E-state index is 0.277. The molecule has 0 aromatic heterocycles. The van der Waals surface area contributed by atoms with Crippen LogP contribution in [0.1, 0.15) is 37.7 Å². The molecule has 0 radical (unpaired) electrons. The van der Waals surface area contributed by atoms with Gasteiger partial charge < -0.3 is 10.2 Å². The van der Waals surface area contributed by atoms with Gasteiger partial charge in [0.1, 0.15) is 0 Å². The lowest BCUT2D eigenvalue weighted by Gasteiger charge is -2.30. The Morgan fingerprint density at radius 3 is 2.38 bits per heavy atom. The van der Waals surface area contributed by atoms with Gasteiger partial charge in [-0.15, -0.1) is 0 Å². The Labute approximate surface area is 156 Å². The Hall–Kier alpha value is -2.13. The molecule has 2 fully saturated rings. The van der Waals surface area contributed by atoms with Crippen molar-refractivity contribution in [1.29, 1.82) is 0 Å². The van der Waals surface area contributed by atoms with Gasteiger partial charge in [0.25, 0.3) is 0 Å². The number of hydrogen-bond acceptors (Lipinski definition) is 2. The highest BCUT2D eigenvalue weighted by atomic mass is 16.2. The number of carbonyl (C=O) groups is 1. The number of nitrogens with one attached hydrogen (secondary N) is 1. The fraction of sp³-hybridized carbons (Fsp3) is 0.435. The van der Waals surface area contributed by atoms with Crippen LogP contribution in [-0.4, -0.2) is 29.9 Å². The van der Waals surface area contributed by atoms with E-state index in [2.05, 4.69) is 53.8 Å². The quantitative estimate of drug-likeness (QED) is 0.877. The van der Waals surface area contributed by atoms with Crippen LogP contribution in [0.4, 0.5) is 0 Å². The first-order valence-electron chi connectivity index (χ1n) is 9.82. The summed E-state index contributed by atoms with van der Waals surface area (Å²) in [6, 6.07) is 20.1. The summed E-state index contributed by atoms with van der Waals surface area (Å²) in [5.41, 5.74) is 3.63. The summed E-state index contributed by atoms with van der Waals surface area (Å²) in [4.78, 5) is 14.7. The zero-order valence-corrected chi connectivity index (χ0v) is 15.5. The average Bonchev–Trinajstić information content (AvgIpc) is 3.01. The summed E-state index contributed by atoms with van der Waals surface area (Å²) in [6.07, 6.45) is 5.59. The summed E-state index contributed by atoms with van der Waals surface area (Å²) >= 11 is 0. The molecule has 1 amide bonds. The Balaban J connectivity index is 1.42. The lowest BCUT2D eigenvalue weighted by atomic mass is 9.89. The van der Waals surface area contributed by atoms with E-state index in [1.165, 1.54) is 29.5 Å². The molecule has 2 unspecified atom stereocenters. The van der Waals surface area contributed by atoms with Crippen molar-refractivity contribution < 1.29 is 4.79 Å². The summed E-state index contributed by atoms with van der Waals surface area (Å²) in [5, 5.41) is 3.66. The van der Waals surface area contributed by atoms with Crippen molar-refractivity contribution in [3.05, 3.63) is 60.2 Å². The van der Waals surface area contributed by atoms with Gasteiger partial charge in [0.05, 0.1) is 0 Å². The molecule has 3 nitrogen and oxygen atoms in total. The van der Waals surface area contributed by atoms with Crippen molar-refractivity contribution in [2.24, 2.45) is 5.92 Å². The fourth-order valence-electron chi connectivity index (χ4n) is 4.65. The summed E-state index contributed by atoms with van der Waals surface area (Å²) in [7, 11) is 1.94. The van der Waals surface area contributed by atoms with E-state index in [9.17, 15) is 4.79 Å². The second-order valence-electron chi connectivity index (χ2n) is 7.95. The predicted molar refractivity (Wildman–Crippen MR) is 106 cm³/mol. The van der Waals surface area contributed by atoms with Gasteiger partial charge in [-0.2, -0.15) is 0 Å². The van der Waals surface area contributed by atoms with Crippen LogP contribution < -0.4 is 5.32 Å². The van der Waals surface area contributed by atoms with Crippen LogP contribution in [0.15, 0.2) is 54.6 Å². The number of piperidine rings is 1. The van der Waals surface area contributed by atoms with Crippen molar-refractivity contribution >= 4 is 5.91 Å². The van der Waals surface area contributed by atoms with Gasteiger partial charge in [-0.3, -0.25) is 4.79 Å². The second kappa shape index (κ2) is 7.63. The van der Waals surface area contributed by atoms with Crippen molar-refractivity contribution in [1.82, 2.24) is 10.2 Å². The lowest BCUT2D eigenvalue weighted by Crippen LogP contribution is -2.39. The number of fused-ring (bicyclic) bond motifs is 2. The van der Waals surface area contributed by atoms with E-state index < -0.39 is 0 Å². The SMILES string of the molecule is CN(Cc1ccccc1-c1ccccc1)C(=O)CC1CC2CCC(C1)N2. The highest BCUT2D eigenvalue weighted by molar-refractivity contribution is 5.77. The highest BCUT2D eigenvalue weighted by Gasteiger charge is 2.34. The molecule has 0 spiro atoms. The fourth-order valence-corrected chi connectivity index (χ4v) is 4.65. The van der Waals surface area contributed by atoms with E-state index >= 15 is 0 Å². The Morgan fingerprint density at radius 1 is 1.00 bits per heavy atom. The molecule has 1 N–H and O–H groups in total. The molecule has 2 bridgehead atoms. The molecule has 136 valence electrons. The van der Waals surface area contributed by atoms with E-state index in [0.717, 1.165) is 12.8 Å². The number of carbonyl (C=O) groups excluding carboxylic acids is 1. The van der Waals surface area contributed by atoms with Crippen LogP contribution in [-0.2, 0) is 11.3 Å². The summed E-state index contributed by atoms with van der Waals surface area (Å²) < 4.78 is 0. The van der Waals surface area contributed by atoms with Gasteiger partial charge in [-0.05, 0) is 48.3 Å². The third kappa shape index (κ3) is 3.83. The number of benzene rings is 2. The predicted octanol–water partition coefficient (Wildman–Crippen LogP) is 4.23. The van der Waals surface area contributed by atoms with Crippen molar-refractivity contribution in [3.63, 3.8) is 0 Å². The first kappa shape index (κ1) is 17.3. The van der Waals surface area contributed by atoms with Crippen molar-refractivity contribution in [3.8, 4) is 11.1 Å². The highest BCUT2D eigenvalue weighted by Crippen LogP contribution is 2.33. The third-order valence-corrected chi connectivity index (χ3v) is 5.97. The normalized spacial score (nSPS) is 24.4. The van der Waals surface area contributed by atoms with Crippen LogP contribution in [0.5, 0.6) is 0 Å². The second-order valence-corrected chi connectivity index (χ2v) is 7.95. The molecule has 2 heterocycles. The van der Waals surface area contributed by atoms with Gasteiger partial charge in [-0.1, -0.05) is 54.6 Å². The maximum Gasteiger partial charge on any atom is 0.222 e. The third-order valence-electron chi connectivity index (χ3n) is 5.97. The van der Waals surface area contributed by atoms with E-state index in [1.807, 2.05) is 18.0 Å². The smallest absolute Gasteiger partial charge is 0.222 e. The topological polar surface area (TPSA) is 32.3 Å². The first-order chi connectivity index (χ1) is 12.7. The van der Waals surface area contributed by atoms with Crippen LogP contribution in [0.25, 0.3) is 11.1 Å². The molecule has 3 heteroatoms. The van der Waals surface area contributed by atoms with Gasteiger partial charge in [0.15, 0.2) is 0 Å². The van der Waals surface area contributed by atoms with E-state index in [0.29, 0.717) is 31.0 Å². The van der Waals surface area contributed by atoms with Gasteiger partial charge in [0.2, 0.25) is 5.91 Å². The minimum Gasteiger partial charge on any atom is -0.341 e. The molecule has 2 saturated heterocycles. The molecule has 4 rings (SSSR count). The molecule has 0 aliphatic carbocycles. The van der Waals surface area contributed by atoms with Crippen molar-refractivity contribution in [2.75, 3.05) is 7.05 Å². The molecule has 2 atom stereocenters. The zero-order chi connectivity index (χ0) is 17.9. The maximum atomic E-state index is 12.8. The Morgan fingerprint density at radius 2 is 1.65 bits per heavy atom. The molecular formula is C23H28N2O. The van der Waals surface area contributed by atoms with E-state index in [4.69, 9.17) is 0 Å². The van der Waals surface area contributed by atoms with Gasteiger partial charge in [0, 0.05) is 32.1 Å². The monoisotopic (exact) mass is 348 g/mol. The van der Waals surface area contributed by atoms with Crippen LogP contribution in [0, 0.1) is 5.92 Å². The average molecular weight is 348 g/mol. The van der Waals surface area contributed by atoms with Crippen molar-refractivity contribution in [2.45, 2.75) is 50.7 Å². The standard InChI is InChI=1S/C23H28N2O/c1-25(23(26)15-17-13-20-11-12-21(14-17)24-20)16-19-9-5-6-10-22(19)18-7-3-2-4-8-18/h2-10,17,20-21,24H,11-16H2,1H3. The molecule has 2 aliphatic heterocycles. The molecule has 2 aromatic rings. The number of hydrogen-bond donors (Lipinski definition) is 1. The summed E-state index contributed by atoms with van der Waals surface area (Å²) in [6.45, 7) is 0.668. The molecule has 26 heavy (non-hydrogen) atoms. The first-order valence-corrected chi connectivity index (χ1v) is 9.82.